The summed E-state index contributed by atoms with van der Waals surface area (Å²) >= 11 is 1.75. The van der Waals surface area contributed by atoms with Crippen molar-refractivity contribution in [3.8, 4) is 0 Å². The van der Waals surface area contributed by atoms with Crippen molar-refractivity contribution >= 4 is 44.2 Å². The van der Waals surface area contributed by atoms with E-state index in [1.165, 1.54) is 38.5 Å². The fraction of sp³-hybridized carbons (Fsp3) is 0.600. The van der Waals surface area contributed by atoms with E-state index in [1.807, 2.05) is 7.05 Å². The molecule has 7 nitrogen and oxygen atoms in total. The number of nitrogens with zero attached hydrogens (tertiary/aromatic N) is 2. The van der Waals surface area contributed by atoms with Crippen molar-refractivity contribution in [1.82, 2.24) is 4.90 Å². The molecular formula is C20H30N4O3S2. The molecule has 0 radical (unpaired) electrons. The first-order valence-corrected chi connectivity index (χ1v) is 13.0. The van der Waals surface area contributed by atoms with Crippen molar-refractivity contribution in [2.24, 2.45) is 4.99 Å². The van der Waals surface area contributed by atoms with E-state index in [2.05, 4.69) is 14.9 Å². The van der Waals surface area contributed by atoms with Crippen LogP contribution in [0.3, 0.4) is 0 Å². The monoisotopic (exact) mass is 438 g/mol. The molecule has 1 aromatic rings. The van der Waals surface area contributed by atoms with Crippen molar-refractivity contribution in [2.45, 2.75) is 57.0 Å². The van der Waals surface area contributed by atoms with Gasteiger partial charge in [0.2, 0.25) is 15.9 Å². The first kappa shape index (κ1) is 22.0. The van der Waals surface area contributed by atoms with Crippen LogP contribution in [0.25, 0.3) is 0 Å². The smallest absolute Gasteiger partial charge is 0.229 e. The molecule has 1 aliphatic heterocycles. The molecule has 2 N–H and O–H groups in total. The zero-order chi connectivity index (χ0) is 20.9. The summed E-state index contributed by atoms with van der Waals surface area (Å²) in [6.07, 6.45) is 9.01. The van der Waals surface area contributed by atoms with Crippen LogP contribution in [0.5, 0.6) is 0 Å². The number of benzene rings is 1. The summed E-state index contributed by atoms with van der Waals surface area (Å²) in [4.78, 5) is 19.6. The highest BCUT2D eigenvalue weighted by Gasteiger charge is 2.29. The molecule has 2 fully saturated rings. The SMILES string of the molecule is CN1C(=NC2CCCCCC2)SCC1CC(=O)Nc1ccc(NS(C)(=O)=O)cc1. The number of sulfonamides is 1. The predicted molar refractivity (Wildman–Crippen MR) is 121 cm³/mol. The molecule has 0 aromatic heterocycles. The maximum atomic E-state index is 12.5. The fourth-order valence-electron chi connectivity index (χ4n) is 3.67. The Morgan fingerprint density at radius 3 is 2.38 bits per heavy atom. The van der Waals surface area contributed by atoms with Crippen LogP contribution in [0.4, 0.5) is 11.4 Å². The minimum Gasteiger partial charge on any atom is -0.350 e. The third kappa shape index (κ3) is 6.92. The van der Waals surface area contributed by atoms with E-state index in [0.29, 0.717) is 23.8 Å². The molecule has 9 heteroatoms. The van der Waals surface area contributed by atoms with E-state index in [1.54, 1.807) is 36.0 Å². The molecule has 1 heterocycles. The summed E-state index contributed by atoms with van der Waals surface area (Å²) in [5, 5.41) is 3.95. The average molecular weight is 439 g/mol. The summed E-state index contributed by atoms with van der Waals surface area (Å²) in [5.41, 5.74) is 1.12. The number of anilines is 2. The van der Waals surface area contributed by atoms with Gasteiger partial charge >= 0.3 is 0 Å². The summed E-state index contributed by atoms with van der Waals surface area (Å²) in [6, 6.07) is 7.21. The molecule has 0 bridgehead atoms. The van der Waals surface area contributed by atoms with Gasteiger partial charge in [-0.3, -0.25) is 14.5 Å². The lowest BCUT2D eigenvalue weighted by atomic mass is 10.1. The first-order valence-electron chi connectivity index (χ1n) is 10.1. The number of rotatable bonds is 6. The summed E-state index contributed by atoms with van der Waals surface area (Å²) < 4.78 is 24.9. The molecule has 0 spiro atoms. The number of thioether (sulfide) groups is 1. The highest BCUT2D eigenvalue weighted by Crippen LogP contribution is 2.28. The summed E-state index contributed by atoms with van der Waals surface area (Å²) in [6.45, 7) is 0. The second kappa shape index (κ2) is 9.84. The second-order valence-corrected chi connectivity index (χ2v) is 10.6. The van der Waals surface area contributed by atoms with E-state index in [9.17, 15) is 13.2 Å². The van der Waals surface area contributed by atoms with Crippen molar-refractivity contribution in [2.75, 3.05) is 29.1 Å². The van der Waals surface area contributed by atoms with Gasteiger partial charge in [0.25, 0.3) is 0 Å². The van der Waals surface area contributed by atoms with Crippen LogP contribution >= 0.6 is 11.8 Å². The zero-order valence-electron chi connectivity index (χ0n) is 17.1. The molecule has 160 valence electrons. The van der Waals surface area contributed by atoms with E-state index in [4.69, 9.17) is 4.99 Å². The normalized spacial score (nSPS) is 22.5. The van der Waals surface area contributed by atoms with Crippen LogP contribution in [-0.2, 0) is 14.8 Å². The van der Waals surface area contributed by atoms with Crippen LogP contribution in [0.2, 0.25) is 0 Å². The van der Waals surface area contributed by atoms with Crippen molar-refractivity contribution < 1.29 is 13.2 Å². The van der Waals surface area contributed by atoms with Crippen molar-refractivity contribution in [3.05, 3.63) is 24.3 Å². The highest BCUT2D eigenvalue weighted by molar-refractivity contribution is 8.14. The zero-order valence-corrected chi connectivity index (χ0v) is 18.7. The largest absolute Gasteiger partial charge is 0.350 e. The molecule has 3 rings (SSSR count). The van der Waals surface area contributed by atoms with E-state index in [-0.39, 0.29) is 11.9 Å². The minimum absolute atomic E-state index is 0.0537. The Hall–Kier alpha value is -1.74. The number of amides is 1. The first-order chi connectivity index (χ1) is 13.8. The Kier molecular flexibility index (Phi) is 7.45. The van der Waals surface area contributed by atoms with Gasteiger partial charge in [-0.1, -0.05) is 37.4 Å². The topological polar surface area (TPSA) is 90.9 Å². The van der Waals surface area contributed by atoms with Gasteiger partial charge in [0.1, 0.15) is 0 Å². The van der Waals surface area contributed by atoms with Crippen LogP contribution < -0.4 is 10.0 Å². The van der Waals surface area contributed by atoms with E-state index < -0.39 is 10.0 Å². The van der Waals surface area contributed by atoms with E-state index >= 15 is 0 Å². The van der Waals surface area contributed by atoms with Crippen molar-refractivity contribution in [1.29, 1.82) is 0 Å². The molecule has 1 unspecified atom stereocenters. The fourth-order valence-corrected chi connectivity index (χ4v) is 5.49. The standard InChI is InChI=1S/C20H30N4O3S2/c1-24-18(14-28-20(24)22-15-7-5-3-4-6-8-15)13-19(25)21-16-9-11-17(12-10-16)23-29(2,26)27/h9-12,15,18,23H,3-8,13-14H2,1-2H3,(H,21,25). The van der Waals surface area contributed by atoms with Gasteiger partial charge < -0.3 is 10.2 Å². The third-order valence-corrected chi connectivity index (χ3v) is 7.07. The second-order valence-electron chi connectivity index (χ2n) is 7.84. The Bertz CT molecular complexity index is 832. The number of carbonyl (C=O) groups is 1. The highest BCUT2D eigenvalue weighted by atomic mass is 32.2. The molecular weight excluding hydrogens is 408 g/mol. The summed E-state index contributed by atoms with van der Waals surface area (Å²) in [5.74, 6) is 0.814. The lowest BCUT2D eigenvalue weighted by Crippen LogP contribution is -2.34. The maximum Gasteiger partial charge on any atom is 0.229 e. The van der Waals surface area contributed by atoms with Gasteiger partial charge in [-0.2, -0.15) is 0 Å². The van der Waals surface area contributed by atoms with E-state index in [0.717, 1.165) is 17.2 Å². The van der Waals surface area contributed by atoms with Crippen LogP contribution in [0.15, 0.2) is 29.3 Å². The number of hydrogen-bond donors (Lipinski definition) is 2. The quantitative estimate of drug-likeness (QED) is 0.663. The Morgan fingerprint density at radius 1 is 1.14 bits per heavy atom. The molecule has 2 aliphatic rings. The number of carbonyl (C=O) groups excluding carboxylic acids is 1. The molecule has 1 aromatic carbocycles. The Morgan fingerprint density at radius 2 is 1.76 bits per heavy atom. The van der Waals surface area contributed by atoms with Gasteiger partial charge in [0, 0.05) is 36.6 Å². The van der Waals surface area contributed by atoms with Gasteiger partial charge in [0.05, 0.1) is 12.3 Å². The molecule has 29 heavy (non-hydrogen) atoms. The van der Waals surface area contributed by atoms with Crippen LogP contribution in [0.1, 0.15) is 44.9 Å². The van der Waals surface area contributed by atoms with Crippen molar-refractivity contribution in [3.63, 3.8) is 0 Å². The van der Waals surface area contributed by atoms with Gasteiger partial charge in [-0.25, -0.2) is 8.42 Å². The lowest BCUT2D eigenvalue weighted by molar-refractivity contribution is -0.116. The van der Waals surface area contributed by atoms with Gasteiger partial charge in [-0.15, -0.1) is 0 Å². The third-order valence-electron chi connectivity index (χ3n) is 5.26. The number of aliphatic imine (C=N–C) groups is 1. The van der Waals surface area contributed by atoms with Crippen LogP contribution in [0, 0.1) is 0 Å². The predicted octanol–water partition coefficient (Wildman–Crippen LogP) is 3.51. The Labute approximate surface area is 177 Å². The summed E-state index contributed by atoms with van der Waals surface area (Å²) in [7, 11) is -1.28. The molecule has 1 aliphatic carbocycles. The molecule has 1 saturated heterocycles. The number of nitrogens with one attached hydrogen (secondary N) is 2. The number of amidine groups is 1. The van der Waals surface area contributed by atoms with Crippen LogP contribution in [-0.4, -0.2) is 55.5 Å². The maximum absolute atomic E-state index is 12.5. The molecule has 1 saturated carbocycles. The average Bonchev–Trinajstić information content (AvgIpc) is 2.85. The van der Waals surface area contributed by atoms with Gasteiger partial charge in [-0.05, 0) is 37.1 Å². The molecule has 1 atom stereocenters. The number of hydrogen-bond acceptors (Lipinski definition) is 5. The Balaban J connectivity index is 1.51. The molecule has 1 amide bonds. The van der Waals surface area contributed by atoms with Gasteiger partial charge in [0.15, 0.2) is 5.17 Å². The minimum atomic E-state index is -3.31. The lowest BCUT2D eigenvalue weighted by Gasteiger charge is -2.21.